The lowest BCUT2D eigenvalue weighted by Crippen LogP contribution is -2.46. The Morgan fingerprint density at radius 3 is 2.88 bits per heavy atom. The third kappa shape index (κ3) is 1.64. The zero-order valence-corrected chi connectivity index (χ0v) is 10.00. The summed E-state index contributed by atoms with van der Waals surface area (Å²) in [5.41, 5.74) is -0.254. The number of hydrogen-bond donors (Lipinski definition) is 0. The summed E-state index contributed by atoms with van der Waals surface area (Å²) in [6, 6.07) is 0. The molecule has 3 atom stereocenters. The van der Waals surface area contributed by atoms with Crippen LogP contribution in [0.15, 0.2) is 12.7 Å². The smallest absolute Gasteiger partial charge is 0.149 e. The van der Waals surface area contributed by atoms with Gasteiger partial charge in [-0.25, -0.2) is 0 Å². The van der Waals surface area contributed by atoms with Crippen LogP contribution >= 0.6 is 0 Å². The molecule has 0 aromatic heterocycles. The van der Waals surface area contributed by atoms with Gasteiger partial charge < -0.3 is 0 Å². The molecule has 0 amide bonds. The van der Waals surface area contributed by atoms with Crippen molar-refractivity contribution in [2.24, 2.45) is 17.3 Å². The average molecular weight is 220 g/mol. The molecule has 2 nitrogen and oxygen atoms in total. The van der Waals surface area contributed by atoms with Crippen molar-refractivity contribution in [3.8, 4) is 0 Å². The predicted octanol–water partition coefficient (Wildman–Crippen LogP) is 2.92. The average Bonchev–Trinajstić information content (AvgIpc) is 2.36. The highest BCUT2D eigenvalue weighted by molar-refractivity contribution is 6.08. The molecule has 2 rings (SSSR count). The first kappa shape index (κ1) is 11.6. The van der Waals surface area contributed by atoms with E-state index in [1.54, 1.807) is 0 Å². The van der Waals surface area contributed by atoms with Crippen molar-refractivity contribution >= 4 is 11.6 Å². The fraction of sp³-hybridized carbons (Fsp3) is 0.714. The predicted molar refractivity (Wildman–Crippen MR) is 63.0 cm³/mol. The number of carbonyl (C=O) groups is 2. The van der Waals surface area contributed by atoms with Gasteiger partial charge in [0.05, 0.1) is 5.92 Å². The zero-order chi connectivity index (χ0) is 11.8. The molecule has 2 bridgehead atoms. The second kappa shape index (κ2) is 4.15. The topological polar surface area (TPSA) is 34.1 Å². The minimum Gasteiger partial charge on any atom is -0.299 e. The Hall–Kier alpha value is -0.920. The standard InChI is InChI=1S/C14H20O2/c1-3-7-14-8-5-4-6-11(13(14)16)12(15)10(2)9-14/h3,10-11H,1,4-9H2,2H3/t10?,11-,14+/m1/s1. The summed E-state index contributed by atoms with van der Waals surface area (Å²) in [5.74, 6) is 0.159. The summed E-state index contributed by atoms with van der Waals surface area (Å²) < 4.78 is 0. The van der Waals surface area contributed by atoms with Crippen LogP contribution in [0.3, 0.4) is 0 Å². The van der Waals surface area contributed by atoms with E-state index in [4.69, 9.17) is 0 Å². The summed E-state index contributed by atoms with van der Waals surface area (Å²) in [6.45, 7) is 5.75. The largest absolute Gasteiger partial charge is 0.299 e. The highest BCUT2D eigenvalue weighted by Crippen LogP contribution is 2.47. The van der Waals surface area contributed by atoms with Crippen LogP contribution in [0, 0.1) is 17.3 Å². The van der Waals surface area contributed by atoms with E-state index in [2.05, 4.69) is 6.58 Å². The summed E-state index contributed by atoms with van der Waals surface area (Å²) >= 11 is 0. The van der Waals surface area contributed by atoms with Gasteiger partial charge in [0.25, 0.3) is 0 Å². The van der Waals surface area contributed by atoms with Crippen molar-refractivity contribution in [1.82, 2.24) is 0 Å². The lowest BCUT2D eigenvalue weighted by molar-refractivity contribution is -0.147. The Morgan fingerprint density at radius 1 is 1.44 bits per heavy atom. The van der Waals surface area contributed by atoms with Gasteiger partial charge in [0.2, 0.25) is 0 Å². The van der Waals surface area contributed by atoms with Gasteiger partial charge in [0.15, 0.2) is 0 Å². The van der Waals surface area contributed by atoms with E-state index >= 15 is 0 Å². The lowest BCUT2D eigenvalue weighted by atomic mass is 9.62. The SMILES string of the molecule is C=CC[C@]12CCCC[C@H](C(=O)C(C)C1)C2=O. The van der Waals surface area contributed by atoms with Crippen molar-refractivity contribution in [3.63, 3.8) is 0 Å². The van der Waals surface area contributed by atoms with Crippen LogP contribution in [0.1, 0.15) is 45.4 Å². The van der Waals surface area contributed by atoms with Crippen molar-refractivity contribution in [3.05, 3.63) is 12.7 Å². The van der Waals surface area contributed by atoms with Crippen LogP contribution in [-0.4, -0.2) is 11.6 Å². The molecule has 2 saturated carbocycles. The van der Waals surface area contributed by atoms with E-state index in [0.717, 1.165) is 38.5 Å². The Kier molecular flexibility index (Phi) is 3.00. The third-order valence-corrected chi connectivity index (χ3v) is 4.30. The number of allylic oxidation sites excluding steroid dienone is 1. The molecular weight excluding hydrogens is 200 g/mol. The van der Waals surface area contributed by atoms with Crippen LogP contribution in [-0.2, 0) is 9.59 Å². The third-order valence-electron chi connectivity index (χ3n) is 4.30. The van der Waals surface area contributed by atoms with Gasteiger partial charge in [0, 0.05) is 11.3 Å². The van der Waals surface area contributed by atoms with E-state index in [9.17, 15) is 9.59 Å². The van der Waals surface area contributed by atoms with Crippen molar-refractivity contribution in [2.75, 3.05) is 0 Å². The van der Waals surface area contributed by atoms with Crippen LogP contribution in [0.4, 0.5) is 0 Å². The molecule has 2 heteroatoms. The van der Waals surface area contributed by atoms with Crippen LogP contribution in [0.5, 0.6) is 0 Å². The molecule has 0 saturated heterocycles. The quantitative estimate of drug-likeness (QED) is 0.529. The lowest BCUT2D eigenvalue weighted by Gasteiger charge is -2.39. The molecular formula is C14H20O2. The van der Waals surface area contributed by atoms with Crippen LogP contribution in [0.2, 0.25) is 0 Å². The fourth-order valence-corrected chi connectivity index (χ4v) is 3.50. The van der Waals surface area contributed by atoms with Crippen molar-refractivity contribution < 1.29 is 9.59 Å². The van der Waals surface area contributed by atoms with Crippen molar-refractivity contribution in [1.29, 1.82) is 0 Å². The normalized spacial score (nSPS) is 39.3. The Bertz CT molecular complexity index is 332. The molecule has 2 aliphatic rings. The number of fused-ring (bicyclic) bond motifs is 2. The maximum absolute atomic E-state index is 12.4. The molecule has 0 aromatic carbocycles. The van der Waals surface area contributed by atoms with Gasteiger partial charge in [-0.15, -0.1) is 6.58 Å². The van der Waals surface area contributed by atoms with E-state index in [1.165, 1.54) is 0 Å². The number of hydrogen-bond acceptors (Lipinski definition) is 2. The van der Waals surface area contributed by atoms with Gasteiger partial charge in [-0.2, -0.15) is 0 Å². The van der Waals surface area contributed by atoms with Crippen molar-refractivity contribution in [2.45, 2.75) is 45.4 Å². The van der Waals surface area contributed by atoms with E-state index in [0.29, 0.717) is 0 Å². The molecule has 0 aliphatic heterocycles. The molecule has 1 unspecified atom stereocenters. The second-order valence-electron chi connectivity index (χ2n) is 5.44. The molecule has 0 N–H and O–H groups in total. The van der Waals surface area contributed by atoms with E-state index < -0.39 is 0 Å². The second-order valence-corrected chi connectivity index (χ2v) is 5.44. The van der Waals surface area contributed by atoms with Gasteiger partial charge in [0.1, 0.15) is 11.6 Å². The van der Waals surface area contributed by atoms with Gasteiger partial charge in [-0.05, 0) is 25.7 Å². The first-order valence-electron chi connectivity index (χ1n) is 6.30. The summed E-state index contributed by atoms with van der Waals surface area (Å²) in [6.07, 6.45) is 7.17. The highest BCUT2D eigenvalue weighted by Gasteiger charge is 2.50. The number of Topliss-reactive ketones (excluding diaryl/α,β-unsaturated/α-hetero) is 2. The zero-order valence-electron chi connectivity index (χ0n) is 10.00. The minimum atomic E-state index is -0.300. The molecule has 16 heavy (non-hydrogen) atoms. The number of ketones is 2. The molecule has 0 heterocycles. The molecule has 2 aliphatic carbocycles. The summed E-state index contributed by atoms with van der Waals surface area (Å²) in [7, 11) is 0. The molecule has 0 spiro atoms. The molecule has 0 radical (unpaired) electrons. The number of rotatable bonds is 2. The Labute approximate surface area is 97.1 Å². The monoisotopic (exact) mass is 220 g/mol. The van der Waals surface area contributed by atoms with Gasteiger partial charge >= 0.3 is 0 Å². The van der Waals surface area contributed by atoms with Gasteiger partial charge in [-0.1, -0.05) is 25.8 Å². The Balaban J connectivity index is 2.37. The first-order valence-corrected chi connectivity index (χ1v) is 6.30. The summed E-state index contributed by atoms with van der Waals surface area (Å²) in [4.78, 5) is 24.4. The van der Waals surface area contributed by atoms with Crippen LogP contribution < -0.4 is 0 Å². The fourth-order valence-electron chi connectivity index (χ4n) is 3.50. The minimum absolute atomic E-state index is 0.0562. The van der Waals surface area contributed by atoms with E-state index in [1.807, 2.05) is 13.0 Å². The molecule has 0 aromatic rings. The van der Waals surface area contributed by atoms with E-state index in [-0.39, 0.29) is 28.8 Å². The molecule has 88 valence electrons. The Morgan fingerprint density at radius 2 is 2.19 bits per heavy atom. The van der Waals surface area contributed by atoms with Crippen LogP contribution in [0.25, 0.3) is 0 Å². The maximum Gasteiger partial charge on any atom is 0.149 e. The number of carbonyl (C=O) groups excluding carboxylic acids is 2. The maximum atomic E-state index is 12.4. The molecule has 2 fully saturated rings. The van der Waals surface area contributed by atoms with Gasteiger partial charge in [-0.3, -0.25) is 9.59 Å². The summed E-state index contributed by atoms with van der Waals surface area (Å²) in [5, 5.41) is 0. The first-order chi connectivity index (χ1) is 7.60. The highest BCUT2D eigenvalue weighted by atomic mass is 16.2.